The SMILES string of the molecule is Cc1cccc(C(=O)NNc2ccccc2)c1C. The molecule has 0 spiro atoms. The van der Waals surface area contributed by atoms with Gasteiger partial charge in [0.25, 0.3) is 5.91 Å². The summed E-state index contributed by atoms with van der Waals surface area (Å²) in [6, 6.07) is 15.2. The lowest BCUT2D eigenvalue weighted by Crippen LogP contribution is -2.29. The molecule has 0 aliphatic carbocycles. The molecule has 2 N–H and O–H groups in total. The third-order valence-corrected chi connectivity index (χ3v) is 2.94. The van der Waals surface area contributed by atoms with Crippen LogP contribution in [0.2, 0.25) is 0 Å². The fourth-order valence-electron chi connectivity index (χ4n) is 1.71. The van der Waals surface area contributed by atoms with Crippen LogP contribution in [-0.4, -0.2) is 5.91 Å². The molecular formula is C15H16N2O. The summed E-state index contributed by atoms with van der Waals surface area (Å²) in [6.07, 6.45) is 0. The van der Waals surface area contributed by atoms with Crippen LogP contribution in [0.15, 0.2) is 48.5 Å². The second kappa shape index (κ2) is 5.36. The molecule has 18 heavy (non-hydrogen) atoms. The predicted molar refractivity (Wildman–Crippen MR) is 73.4 cm³/mol. The third-order valence-electron chi connectivity index (χ3n) is 2.94. The van der Waals surface area contributed by atoms with E-state index in [4.69, 9.17) is 0 Å². The molecule has 0 fully saturated rings. The highest BCUT2D eigenvalue weighted by Gasteiger charge is 2.09. The number of nitrogens with one attached hydrogen (secondary N) is 2. The van der Waals surface area contributed by atoms with Gasteiger partial charge in [-0.05, 0) is 43.2 Å². The molecular weight excluding hydrogens is 224 g/mol. The van der Waals surface area contributed by atoms with Crippen LogP contribution in [0.5, 0.6) is 0 Å². The first-order valence-electron chi connectivity index (χ1n) is 5.86. The number of aryl methyl sites for hydroxylation is 1. The van der Waals surface area contributed by atoms with Gasteiger partial charge in [-0.2, -0.15) is 0 Å². The lowest BCUT2D eigenvalue weighted by Gasteiger charge is -2.11. The number of hydrogen-bond acceptors (Lipinski definition) is 2. The van der Waals surface area contributed by atoms with Crippen LogP contribution in [0.4, 0.5) is 5.69 Å². The molecule has 0 unspecified atom stereocenters. The van der Waals surface area contributed by atoms with Crippen LogP contribution in [0, 0.1) is 13.8 Å². The van der Waals surface area contributed by atoms with Crippen LogP contribution in [0.1, 0.15) is 21.5 Å². The molecule has 0 atom stereocenters. The van der Waals surface area contributed by atoms with Crippen molar-refractivity contribution in [3.05, 3.63) is 65.2 Å². The molecule has 2 aromatic rings. The summed E-state index contributed by atoms with van der Waals surface area (Å²) in [7, 11) is 0. The number of rotatable bonds is 3. The minimum atomic E-state index is -0.125. The Morgan fingerprint density at radius 3 is 2.39 bits per heavy atom. The maximum atomic E-state index is 12.0. The van der Waals surface area contributed by atoms with Gasteiger partial charge in [0.15, 0.2) is 0 Å². The summed E-state index contributed by atoms with van der Waals surface area (Å²) in [5.41, 5.74) is 9.25. The van der Waals surface area contributed by atoms with Crippen molar-refractivity contribution in [3.63, 3.8) is 0 Å². The van der Waals surface area contributed by atoms with Crippen LogP contribution >= 0.6 is 0 Å². The lowest BCUT2D eigenvalue weighted by atomic mass is 10.0. The summed E-state index contributed by atoms with van der Waals surface area (Å²) in [6.45, 7) is 3.95. The van der Waals surface area contributed by atoms with E-state index in [1.54, 1.807) is 0 Å². The highest BCUT2D eigenvalue weighted by atomic mass is 16.2. The molecule has 3 heteroatoms. The van der Waals surface area contributed by atoms with Gasteiger partial charge in [0, 0.05) is 5.56 Å². The zero-order valence-electron chi connectivity index (χ0n) is 10.5. The van der Waals surface area contributed by atoms with E-state index in [2.05, 4.69) is 10.9 Å². The fourth-order valence-corrected chi connectivity index (χ4v) is 1.71. The topological polar surface area (TPSA) is 41.1 Å². The Kier molecular flexibility index (Phi) is 3.63. The van der Waals surface area contributed by atoms with Gasteiger partial charge in [-0.3, -0.25) is 15.6 Å². The molecule has 0 aromatic heterocycles. The monoisotopic (exact) mass is 240 g/mol. The van der Waals surface area contributed by atoms with E-state index < -0.39 is 0 Å². The molecule has 0 aliphatic rings. The Hall–Kier alpha value is -2.29. The molecule has 0 saturated carbocycles. The smallest absolute Gasteiger partial charge is 0.269 e. The van der Waals surface area contributed by atoms with Gasteiger partial charge in [-0.25, -0.2) is 0 Å². The van der Waals surface area contributed by atoms with Gasteiger partial charge < -0.3 is 0 Å². The van der Waals surface area contributed by atoms with Gasteiger partial charge >= 0.3 is 0 Å². The number of carbonyl (C=O) groups is 1. The van der Waals surface area contributed by atoms with E-state index in [1.165, 1.54) is 0 Å². The Balaban J connectivity index is 2.07. The van der Waals surface area contributed by atoms with Crippen molar-refractivity contribution in [3.8, 4) is 0 Å². The van der Waals surface area contributed by atoms with Crippen molar-refractivity contribution in [2.45, 2.75) is 13.8 Å². The standard InChI is InChI=1S/C15H16N2O/c1-11-7-6-10-14(12(11)2)15(18)17-16-13-8-4-3-5-9-13/h3-10,16H,1-2H3,(H,17,18). The number of hydrazine groups is 1. The number of amides is 1. The number of para-hydroxylation sites is 1. The predicted octanol–water partition coefficient (Wildman–Crippen LogP) is 3.06. The number of hydrogen-bond donors (Lipinski definition) is 2. The largest absolute Gasteiger partial charge is 0.298 e. The van der Waals surface area contributed by atoms with Gasteiger partial charge in [0.05, 0.1) is 5.69 Å². The molecule has 0 radical (unpaired) electrons. The van der Waals surface area contributed by atoms with Crippen molar-refractivity contribution >= 4 is 11.6 Å². The minimum Gasteiger partial charge on any atom is -0.298 e. The van der Waals surface area contributed by atoms with E-state index in [9.17, 15) is 4.79 Å². The van der Waals surface area contributed by atoms with Gasteiger partial charge in [0.1, 0.15) is 0 Å². The van der Waals surface area contributed by atoms with E-state index in [0.29, 0.717) is 5.56 Å². The van der Waals surface area contributed by atoms with E-state index in [0.717, 1.165) is 16.8 Å². The average molecular weight is 240 g/mol. The summed E-state index contributed by atoms with van der Waals surface area (Å²) in [4.78, 5) is 12.0. The number of benzene rings is 2. The van der Waals surface area contributed by atoms with Gasteiger partial charge in [0.2, 0.25) is 0 Å². The quantitative estimate of drug-likeness (QED) is 0.809. The Bertz CT molecular complexity index is 550. The van der Waals surface area contributed by atoms with E-state index in [1.807, 2.05) is 62.4 Å². The maximum absolute atomic E-state index is 12.0. The van der Waals surface area contributed by atoms with Crippen molar-refractivity contribution in [1.82, 2.24) is 5.43 Å². The summed E-state index contributed by atoms with van der Waals surface area (Å²) >= 11 is 0. The first-order valence-corrected chi connectivity index (χ1v) is 5.86. The molecule has 1 amide bonds. The second-order valence-electron chi connectivity index (χ2n) is 4.19. The first kappa shape index (κ1) is 12.2. The van der Waals surface area contributed by atoms with E-state index in [-0.39, 0.29) is 5.91 Å². The second-order valence-corrected chi connectivity index (χ2v) is 4.19. The first-order chi connectivity index (χ1) is 8.68. The molecule has 2 rings (SSSR count). The van der Waals surface area contributed by atoms with Gasteiger partial charge in [-0.15, -0.1) is 0 Å². The molecule has 0 saturated heterocycles. The van der Waals surface area contributed by atoms with Crippen molar-refractivity contribution in [2.75, 3.05) is 5.43 Å². The number of carbonyl (C=O) groups excluding carboxylic acids is 1. The Morgan fingerprint density at radius 2 is 1.67 bits per heavy atom. The zero-order chi connectivity index (χ0) is 13.0. The van der Waals surface area contributed by atoms with Crippen molar-refractivity contribution in [2.24, 2.45) is 0 Å². The summed E-state index contributed by atoms with van der Waals surface area (Å²) < 4.78 is 0. The summed E-state index contributed by atoms with van der Waals surface area (Å²) in [5.74, 6) is -0.125. The van der Waals surface area contributed by atoms with Gasteiger partial charge in [-0.1, -0.05) is 30.3 Å². The molecule has 0 heterocycles. The molecule has 2 aromatic carbocycles. The highest BCUT2D eigenvalue weighted by molar-refractivity contribution is 5.96. The van der Waals surface area contributed by atoms with E-state index >= 15 is 0 Å². The molecule has 92 valence electrons. The minimum absolute atomic E-state index is 0.125. The average Bonchev–Trinajstić information content (AvgIpc) is 2.40. The number of anilines is 1. The molecule has 3 nitrogen and oxygen atoms in total. The molecule has 0 aliphatic heterocycles. The summed E-state index contributed by atoms with van der Waals surface area (Å²) in [5, 5.41) is 0. The van der Waals surface area contributed by atoms with Crippen LogP contribution < -0.4 is 10.9 Å². The third kappa shape index (κ3) is 2.69. The fraction of sp³-hybridized carbons (Fsp3) is 0.133. The maximum Gasteiger partial charge on any atom is 0.269 e. The Labute approximate surface area is 107 Å². The van der Waals surface area contributed by atoms with Crippen molar-refractivity contribution < 1.29 is 4.79 Å². The van der Waals surface area contributed by atoms with Crippen LogP contribution in [-0.2, 0) is 0 Å². The lowest BCUT2D eigenvalue weighted by molar-refractivity contribution is 0.0962. The normalized spacial score (nSPS) is 9.89. The van der Waals surface area contributed by atoms with Crippen LogP contribution in [0.3, 0.4) is 0 Å². The highest BCUT2D eigenvalue weighted by Crippen LogP contribution is 2.12. The van der Waals surface area contributed by atoms with Crippen LogP contribution in [0.25, 0.3) is 0 Å². The van der Waals surface area contributed by atoms with Crippen molar-refractivity contribution in [1.29, 1.82) is 0 Å². The zero-order valence-corrected chi connectivity index (χ0v) is 10.5. The Morgan fingerprint density at radius 1 is 0.944 bits per heavy atom. The molecule has 0 bridgehead atoms.